The Balaban J connectivity index is 1.58. The van der Waals surface area contributed by atoms with Gasteiger partial charge < -0.3 is 19.1 Å². The number of carboxylic acid groups (broad SMARTS) is 1. The van der Waals surface area contributed by atoms with E-state index in [4.69, 9.17) is 37.7 Å². The lowest BCUT2D eigenvalue weighted by atomic mass is 10.1. The molecular weight excluding hydrogens is 748 g/mol. The number of amides is 1. The summed E-state index contributed by atoms with van der Waals surface area (Å²) in [7, 11) is -4.67. The summed E-state index contributed by atoms with van der Waals surface area (Å²) < 4.78 is 77.8. The number of nitrogens with one attached hydrogen (secondary N) is 1. The fourth-order valence-electron chi connectivity index (χ4n) is 4.69. The summed E-state index contributed by atoms with van der Waals surface area (Å²) in [6.07, 6.45) is -1.26. The van der Waals surface area contributed by atoms with Crippen LogP contribution in [0.25, 0.3) is 23.4 Å². The van der Waals surface area contributed by atoms with Gasteiger partial charge in [-0.25, -0.2) is 18.8 Å². The zero-order valence-electron chi connectivity index (χ0n) is 28.2. The van der Waals surface area contributed by atoms with Crippen molar-refractivity contribution in [3.05, 3.63) is 99.9 Å². The molecule has 1 aromatic heterocycles. The average Bonchev–Trinajstić information content (AvgIpc) is 3.42. The number of nitrogens with zero attached hydrogens (tertiary/aromatic N) is 3. The minimum Gasteiger partial charge on any atom is -0.494 e. The van der Waals surface area contributed by atoms with Crippen LogP contribution in [0, 0.1) is 0 Å². The predicted octanol–water partition coefficient (Wildman–Crippen LogP) is 8.46. The number of rotatable bonds is 14. The van der Waals surface area contributed by atoms with Gasteiger partial charge in [-0.1, -0.05) is 53.5 Å². The van der Waals surface area contributed by atoms with Crippen LogP contribution >= 0.6 is 23.2 Å². The Labute approximate surface area is 308 Å². The standard InChI is InChI=1S/C35H35Cl2F3N4O7S/c1-34(2,3)51-33(47)42-52(48,49)44(22-32(45)46)26-11-5-24(6-12-26)20-43-21-30(28-15-10-25(36)19-29(28)37)41-31(43)16-9-23-7-13-27(14-8-23)50-18-4-17-35(38,39)40/h5-16,19,21H,4,17-18,20,22H2,1-3H3,(H,42,47)(H,45,46)/b16-9+. The zero-order valence-corrected chi connectivity index (χ0v) is 30.5. The van der Waals surface area contributed by atoms with Crippen LogP contribution in [-0.2, 0) is 26.3 Å². The third kappa shape index (κ3) is 12.2. The molecule has 11 nitrogen and oxygen atoms in total. The van der Waals surface area contributed by atoms with E-state index < -0.39 is 47.0 Å². The number of carbonyl (C=O) groups excluding carboxylic acids is 1. The summed E-state index contributed by atoms with van der Waals surface area (Å²) in [4.78, 5) is 28.6. The van der Waals surface area contributed by atoms with Gasteiger partial charge in [0, 0.05) is 29.7 Å². The van der Waals surface area contributed by atoms with Gasteiger partial charge in [0.05, 0.1) is 23.0 Å². The number of imidazole rings is 1. The fraction of sp³-hybridized carbons (Fsp3) is 0.286. The first-order valence-electron chi connectivity index (χ1n) is 15.6. The van der Waals surface area contributed by atoms with Crippen LogP contribution in [0.1, 0.15) is 50.6 Å². The van der Waals surface area contributed by atoms with Gasteiger partial charge in [0.2, 0.25) is 0 Å². The zero-order chi connectivity index (χ0) is 38.3. The highest BCUT2D eigenvalue weighted by atomic mass is 35.5. The van der Waals surface area contributed by atoms with Crippen LogP contribution in [0.3, 0.4) is 0 Å². The molecule has 0 saturated heterocycles. The molecule has 3 aromatic carbocycles. The summed E-state index contributed by atoms with van der Waals surface area (Å²) in [6, 6.07) is 17.8. The topological polar surface area (TPSA) is 140 Å². The first kappa shape index (κ1) is 40.0. The molecule has 4 rings (SSSR count). The molecule has 0 fully saturated rings. The van der Waals surface area contributed by atoms with Crippen molar-refractivity contribution in [3.8, 4) is 17.0 Å². The lowest BCUT2D eigenvalue weighted by Gasteiger charge is -2.25. The van der Waals surface area contributed by atoms with E-state index >= 15 is 0 Å². The van der Waals surface area contributed by atoms with Gasteiger partial charge in [0.15, 0.2) is 0 Å². The molecule has 278 valence electrons. The molecule has 0 saturated carbocycles. The molecule has 52 heavy (non-hydrogen) atoms. The highest BCUT2D eigenvalue weighted by Gasteiger charge is 2.29. The van der Waals surface area contributed by atoms with Crippen LogP contribution in [0.5, 0.6) is 5.75 Å². The molecule has 0 aliphatic rings. The van der Waals surface area contributed by atoms with Gasteiger partial charge in [-0.2, -0.15) is 21.6 Å². The first-order valence-corrected chi connectivity index (χ1v) is 17.8. The highest BCUT2D eigenvalue weighted by molar-refractivity contribution is 7.91. The minimum absolute atomic E-state index is 0.0191. The normalized spacial score (nSPS) is 12.2. The van der Waals surface area contributed by atoms with Crippen molar-refractivity contribution in [1.29, 1.82) is 0 Å². The van der Waals surface area contributed by atoms with Gasteiger partial charge in [-0.15, -0.1) is 0 Å². The van der Waals surface area contributed by atoms with Gasteiger partial charge >= 0.3 is 28.4 Å². The largest absolute Gasteiger partial charge is 0.494 e. The molecular formula is C35H35Cl2F3N4O7S. The van der Waals surface area contributed by atoms with Crippen LogP contribution in [-0.4, -0.2) is 60.1 Å². The predicted molar refractivity (Wildman–Crippen MR) is 193 cm³/mol. The van der Waals surface area contributed by atoms with E-state index in [9.17, 15) is 36.3 Å². The number of hydrogen-bond donors (Lipinski definition) is 2. The Bertz CT molecular complexity index is 2010. The summed E-state index contributed by atoms with van der Waals surface area (Å²) in [5.41, 5.74) is 1.58. The van der Waals surface area contributed by atoms with Crippen molar-refractivity contribution in [3.63, 3.8) is 0 Å². The summed E-state index contributed by atoms with van der Waals surface area (Å²) >= 11 is 12.6. The number of carboxylic acids is 1. The van der Waals surface area contributed by atoms with E-state index in [0.29, 0.717) is 42.7 Å². The SMILES string of the molecule is CC(C)(C)OC(=O)NS(=O)(=O)N(CC(=O)O)c1ccc(Cn2cc(-c3ccc(Cl)cc3Cl)nc2/C=C/c2ccc(OCCCC(F)(F)F)cc2)cc1. The van der Waals surface area contributed by atoms with Crippen molar-refractivity contribution in [1.82, 2.24) is 14.3 Å². The maximum atomic E-state index is 13.0. The summed E-state index contributed by atoms with van der Waals surface area (Å²) in [6.45, 7) is 3.85. The lowest BCUT2D eigenvalue weighted by Crippen LogP contribution is -2.47. The fourth-order valence-corrected chi connectivity index (χ4v) is 6.23. The molecule has 17 heteroatoms. The second-order valence-electron chi connectivity index (χ2n) is 12.4. The highest BCUT2D eigenvalue weighted by Crippen LogP contribution is 2.31. The Hall–Kier alpha value is -4.73. The first-order chi connectivity index (χ1) is 24.3. The van der Waals surface area contributed by atoms with E-state index in [1.54, 1.807) is 98.4 Å². The molecule has 4 aromatic rings. The average molecular weight is 784 g/mol. The number of aliphatic carboxylic acids is 1. The van der Waals surface area contributed by atoms with Crippen molar-refractivity contribution >= 4 is 63.3 Å². The quantitative estimate of drug-likeness (QED) is 0.122. The van der Waals surface area contributed by atoms with E-state index in [2.05, 4.69) is 0 Å². The Morgan fingerprint density at radius 1 is 1.00 bits per heavy atom. The third-order valence-electron chi connectivity index (χ3n) is 6.95. The molecule has 2 N–H and O–H groups in total. The third-order valence-corrected chi connectivity index (χ3v) is 8.84. The van der Waals surface area contributed by atoms with E-state index in [0.717, 1.165) is 5.56 Å². The van der Waals surface area contributed by atoms with Crippen LogP contribution in [0.2, 0.25) is 10.0 Å². The number of benzene rings is 3. The van der Waals surface area contributed by atoms with Crippen molar-refractivity contribution in [2.45, 2.75) is 51.9 Å². The van der Waals surface area contributed by atoms with Crippen molar-refractivity contribution < 1.29 is 45.8 Å². The van der Waals surface area contributed by atoms with E-state index in [-0.39, 0.29) is 25.3 Å². The lowest BCUT2D eigenvalue weighted by molar-refractivity contribution is -0.137. The molecule has 1 heterocycles. The van der Waals surface area contributed by atoms with E-state index in [1.165, 1.54) is 12.1 Å². The summed E-state index contributed by atoms with van der Waals surface area (Å²) in [5, 5.41) is 10.3. The number of alkyl halides is 3. The molecule has 0 radical (unpaired) electrons. The molecule has 0 aliphatic carbocycles. The monoisotopic (exact) mass is 782 g/mol. The van der Waals surface area contributed by atoms with E-state index in [1.807, 2.05) is 4.57 Å². The number of halogens is 5. The molecule has 0 aliphatic heterocycles. The molecule has 0 atom stereocenters. The van der Waals surface area contributed by atoms with Crippen molar-refractivity contribution in [2.75, 3.05) is 17.5 Å². The number of ether oxygens (including phenoxy) is 2. The summed E-state index contributed by atoms with van der Waals surface area (Å²) in [5.74, 6) is -0.515. The number of anilines is 1. The van der Waals surface area contributed by atoms with Crippen LogP contribution < -0.4 is 13.8 Å². The second-order valence-corrected chi connectivity index (χ2v) is 14.8. The molecule has 1 amide bonds. The maximum absolute atomic E-state index is 13.0. The molecule has 0 spiro atoms. The second kappa shape index (κ2) is 16.7. The van der Waals surface area contributed by atoms with Gasteiger partial charge in [0.25, 0.3) is 0 Å². The molecule has 0 unspecified atom stereocenters. The van der Waals surface area contributed by atoms with Crippen molar-refractivity contribution in [2.24, 2.45) is 0 Å². The molecule has 0 bridgehead atoms. The Morgan fingerprint density at radius 2 is 1.67 bits per heavy atom. The van der Waals surface area contributed by atoms with Gasteiger partial charge in [-0.3, -0.25) is 4.79 Å². The van der Waals surface area contributed by atoms with Crippen LogP contribution in [0.15, 0.2) is 72.9 Å². The van der Waals surface area contributed by atoms with Gasteiger partial charge in [0.1, 0.15) is 23.7 Å². The number of aromatic nitrogens is 2. The van der Waals surface area contributed by atoms with Crippen LogP contribution in [0.4, 0.5) is 23.7 Å². The Morgan fingerprint density at radius 3 is 2.27 bits per heavy atom. The minimum atomic E-state index is -4.67. The van der Waals surface area contributed by atoms with Gasteiger partial charge in [-0.05, 0) is 86.9 Å². The Kier molecular flexibility index (Phi) is 12.9. The number of hydrogen-bond acceptors (Lipinski definition) is 7. The number of carbonyl (C=O) groups is 2. The smallest absolute Gasteiger partial charge is 0.422 e. The maximum Gasteiger partial charge on any atom is 0.422 e.